The van der Waals surface area contributed by atoms with Crippen LogP contribution >= 0.6 is 11.6 Å². The van der Waals surface area contributed by atoms with Crippen molar-refractivity contribution in [2.75, 3.05) is 26.1 Å². The fourth-order valence-electron chi connectivity index (χ4n) is 4.88. The van der Waals surface area contributed by atoms with Gasteiger partial charge in [-0.3, -0.25) is 9.59 Å². The molecule has 1 aliphatic carbocycles. The molecule has 4 rings (SSSR count). The Bertz CT molecular complexity index is 1090. The van der Waals surface area contributed by atoms with Gasteiger partial charge in [-0.05, 0) is 48.7 Å². The van der Waals surface area contributed by atoms with Crippen LogP contribution < -0.4 is 9.64 Å². The molecule has 1 N–H and O–H groups in total. The Hall–Kier alpha value is -2.99. The number of nitrogens with zero attached hydrogens (tertiary/aromatic N) is 2. The van der Waals surface area contributed by atoms with Gasteiger partial charge in [0.2, 0.25) is 0 Å². The molecule has 7 heteroatoms. The Labute approximate surface area is 199 Å². The first-order valence-electron chi connectivity index (χ1n) is 11.2. The van der Waals surface area contributed by atoms with Crippen LogP contribution in [0.4, 0.5) is 5.69 Å². The molecule has 33 heavy (non-hydrogen) atoms. The van der Waals surface area contributed by atoms with E-state index in [2.05, 4.69) is 0 Å². The SMILES string of the molecule is COc1ccc(Cl)cc1/C(O)=C1\C(=O)C(=O)N(C2CCCCC2)C1c1ccc(N(C)C)cc1. The van der Waals surface area contributed by atoms with Gasteiger partial charge < -0.3 is 19.6 Å². The molecule has 2 aromatic rings. The van der Waals surface area contributed by atoms with Gasteiger partial charge in [0, 0.05) is 30.8 Å². The number of anilines is 1. The van der Waals surface area contributed by atoms with Crippen molar-refractivity contribution >= 4 is 34.7 Å². The van der Waals surface area contributed by atoms with Gasteiger partial charge in [0.1, 0.15) is 11.5 Å². The van der Waals surface area contributed by atoms with Crippen LogP contribution in [0.15, 0.2) is 48.0 Å². The number of Topliss-reactive ketones (excluding diaryl/α,β-unsaturated/α-hetero) is 1. The zero-order chi connectivity index (χ0) is 23.7. The number of halogens is 1. The van der Waals surface area contributed by atoms with Gasteiger partial charge in [-0.2, -0.15) is 0 Å². The molecule has 2 fully saturated rings. The second kappa shape index (κ2) is 9.48. The Balaban J connectivity index is 1.90. The molecule has 0 radical (unpaired) electrons. The van der Waals surface area contributed by atoms with Crippen LogP contribution in [0, 0.1) is 0 Å². The average Bonchev–Trinajstić information content (AvgIpc) is 3.09. The third-order valence-corrected chi connectivity index (χ3v) is 6.83. The molecule has 1 aliphatic heterocycles. The number of carbonyl (C=O) groups excluding carboxylic acids is 2. The summed E-state index contributed by atoms with van der Waals surface area (Å²) in [6.07, 6.45) is 4.85. The Morgan fingerprint density at radius 3 is 2.33 bits per heavy atom. The van der Waals surface area contributed by atoms with E-state index in [0.29, 0.717) is 16.3 Å². The molecule has 2 aromatic carbocycles. The Morgan fingerprint density at radius 2 is 1.73 bits per heavy atom. The molecule has 0 aromatic heterocycles. The number of methoxy groups -OCH3 is 1. The minimum atomic E-state index is -0.679. The van der Waals surface area contributed by atoms with Gasteiger partial charge >= 0.3 is 0 Å². The summed E-state index contributed by atoms with van der Waals surface area (Å²) < 4.78 is 5.40. The number of aliphatic hydroxyl groups excluding tert-OH is 1. The topological polar surface area (TPSA) is 70.1 Å². The molecule has 6 nitrogen and oxygen atoms in total. The van der Waals surface area contributed by atoms with Crippen molar-refractivity contribution in [1.29, 1.82) is 0 Å². The van der Waals surface area contributed by atoms with E-state index in [1.54, 1.807) is 23.1 Å². The summed E-state index contributed by atoms with van der Waals surface area (Å²) in [4.78, 5) is 30.3. The fraction of sp³-hybridized carbons (Fsp3) is 0.385. The summed E-state index contributed by atoms with van der Waals surface area (Å²) >= 11 is 6.18. The first-order chi connectivity index (χ1) is 15.8. The highest BCUT2D eigenvalue weighted by atomic mass is 35.5. The van der Waals surface area contributed by atoms with Crippen molar-refractivity contribution in [2.24, 2.45) is 0 Å². The van der Waals surface area contributed by atoms with E-state index in [0.717, 1.165) is 43.4 Å². The number of ether oxygens (including phenoxy) is 1. The first-order valence-corrected chi connectivity index (χ1v) is 11.6. The van der Waals surface area contributed by atoms with Crippen LogP contribution in [0.1, 0.15) is 49.3 Å². The molecule has 1 amide bonds. The van der Waals surface area contributed by atoms with Crippen molar-refractivity contribution in [3.8, 4) is 5.75 Å². The molecule has 174 valence electrons. The summed E-state index contributed by atoms with van der Waals surface area (Å²) in [5, 5.41) is 11.8. The monoisotopic (exact) mass is 468 g/mol. The van der Waals surface area contributed by atoms with E-state index in [9.17, 15) is 14.7 Å². The lowest BCUT2D eigenvalue weighted by Crippen LogP contribution is -2.40. The summed E-state index contributed by atoms with van der Waals surface area (Å²) in [6, 6.07) is 11.9. The number of rotatable bonds is 5. The van der Waals surface area contributed by atoms with E-state index in [-0.39, 0.29) is 17.4 Å². The quantitative estimate of drug-likeness (QED) is 0.372. The number of likely N-dealkylation sites (tertiary alicyclic amines) is 1. The molecule has 2 aliphatic rings. The molecule has 1 heterocycles. The van der Waals surface area contributed by atoms with Gasteiger partial charge in [-0.1, -0.05) is 43.0 Å². The average molecular weight is 469 g/mol. The van der Waals surface area contributed by atoms with Gasteiger partial charge in [0.25, 0.3) is 11.7 Å². The highest BCUT2D eigenvalue weighted by molar-refractivity contribution is 6.46. The minimum Gasteiger partial charge on any atom is -0.507 e. The summed E-state index contributed by atoms with van der Waals surface area (Å²) in [5.74, 6) is -1.14. The largest absolute Gasteiger partial charge is 0.507 e. The van der Waals surface area contributed by atoms with Gasteiger partial charge in [0.05, 0.1) is 24.3 Å². The van der Waals surface area contributed by atoms with E-state index < -0.39 is 17.7 Å². The lowest BCUT2D eigenvalue weighted by molar-refractivity contribution is -0.141. The maximum Gasteiger partial charge on any atom is 0.295 e. The van der Waals surface area contributed by atoms with Gasteiger partial charge in [-0.25, -0.2) is 0 Å². The standard InChI is InChI=1S/C26H29ClN2O4/c1-28(2)18-12-9-16(10-13-18)23-22(24(30)20-15-17(27)11-14-21(20)33-3)25(31)26(32)29(23)19-7-5-4-6-8-19/h9-15,19,23,30H,4-8H2,1-3H3/b24-22+. The van der Waals surface area contributed by atoms with Crippen LogP contribution in [-0.4, -0.2) is 48.9 Å². The third kappa shape index (κ3) is 4.32. The predicted octanol–water partition coefficient (Wildman–Crippen LogP) is 5.17. The number of benzene rings is 2. The molecule has 0 bridgehead atoms. The van der Waals surface area contributed by atoms with Crippen LogP contribution in [0.25, 0.3) is 5.76 Å². The van der Waals surface area contributed by atoms with Crippen molar-refractivity contribution in [1.82, 2.24) is 4.90 Å². The fourth-order valence-corrected chi connectivity index (χ4v) is 5.05. The van der Waals surface area contributed by atoms with Crippen LogP contribution in [0.2, 0.25) is 5.02 Å². The molecule has 1 atom stereocenters. The molecule has 1 unspecified atom stereocenters. The first kappa shape index (κ1) is 23.2. The van der Waals surface area contributed by atoms with E-state index >= 15 is 0 Å². The van der Waals surface area contributed by atoms with E-state index in [1.165, 1.54) is 7.11 Å². The van der Waals surface area contributed by atoms with Crippen molar-refractivity contribution < 1.29 is 19.4 Å². The second-order valence-electron chi connectivity index (χ2n) is 8.83. The smallest absolute Gasteiger partial charge is 0.295 e. The normalized spacial score (nSPS) is 20.8. The van der Waals surface area contributed by atoms with Crippen LogP contribution in [0.5, 0.6) is 5.75 Å². The zero-order valence-corrected chi connectivity index (χ0v) is 19.9. The van der Waals surface area contributed by atoms with E-state index in [1.807, 2.05) is 43.3 Å². The number of hydrogen-bond donors (Lipinski definition) is 1. The number of aliphatic hydroxyl groups is 1. The molecular weight excluding hydrogens is 440 g/mol. The summed E-state index contributed by atoms with van der Waals surface area (Å²) in [5.41, 5.74) is 2.16. The predicted molar refractivity (Wildman–Crippen MR) is 130 cm³/mol. The lowest BCUT2D eigenvalue weighted by atomic mass is 9.90. The van der Waals surface area contributed by atoms with Gasteiger partial charge in [-0.15, -0.1) is 0 Å². The highest BCUT2D eigenvalue weighted by Crippen LogP contribution is 2.44. The Morgan fingerprint density at radius 1 is 1.06 bits per heavy atom. The van der Waals surface area contributed by atoms with Crippen molar-refractivity contribution in [3.63, 3.8) is 0 Å². The third-order valence-electron chi connectivity index (χ3n) is 6.59. The molecule has 1 saturated carbocycles. The highest BCUT2D eigenvalue weighted by Gasteiger charge is 2.49. The zero-order valence-electron chi connectivity index (χ0n) is 19.2. The van der Waals surface area contributed by atoms with Gasteiger partial charge in [0.15, 0.2) is 0 Å². The summed E-state index contributed by atoms with van der Waals surface area (Å²) in [7, 11) is 5.39. The van der Waals surface area contributed by atoms with E-state index in [4.69, 9.17) is 16.3 Å². The second-order valence-corrected chi connectivity index (χ2v) is 9.27. The molecule has 0 spiro atoms. The van der Waals surface area contributed by atoms with Crippen molar-refractivity contribution in [2.45, 2.75) is 44.2 Å². The van der Waals surface area contributed by atoms with Crippen molar-refractivity contribution in [3.05, 3.63) is 64.2 Å². The lowest BCUT2D eigenvalue weighted by Gasteiger charge is -2.35. The Kier molecular flexibility index (Phi) is 6.66. The number of carbonyl (C=O) groups is 2. The maximum absolute atomic E-state index is 13.3. The van der Waals surface area contributed by atoms with Crippen LogP contribution in [-0.2, 0) is 9.59 Å². The number of ketones is 1. The minimum absolute atomic E-state index is 0.0414. The summed E-state index contributed by atoms with van der Waals surface area (Å²) in [6.45, 7) is 0. The number of amides is 1. The number of hydrogen-bond acceptors (Lipinski definition) is 5. The molecule has 1 saturated heterocycles. The molecular formula is C26H29ClN2O4. The maximum atomic E-state index is 13.3. The van der Waals surface area contributed by atoms with Crippen LogP contribution in [0.3, 0.4) is 0 Å².